The summed E-state index contributed by atoms with van der Waals surface area (Å²) in [5.74, 6) is -0.292. The van der Waals surface area contributed by atoms with Crippen molar-refractivity contribution >= 4 is 15.9 Å². The number of aromatic nitrogens is 3. The maximum Gasteiger partial charge on any atom is 0.124 e. The number of halogens is 2. The van der Waals surface area contributed by atoms with Crippen LogP contribution in [0.3, 0.4) is 0 Å². The lowest BCUT2D eigenvalue weighted by molar-refractivity contribution is 0.625. The van der Waals surface area contributed by atoms with E-state index in [1.807, 2.05) is 13.8 Å². The summed E-state index contributed by atoms with van der Waals surface area (Å²) in [7, 11) is 0. The van der Waals surface area contributed by atoms with Gasteiger partial charge in [0.2, 0.25) is 0 Å². The van der Waals surface area contributed by atoms with Gasteiger partial charge in [-0.15, -0.1) is 5.10 Å². The third-order valence-corrected chi connectivity index (χ3v) is 3.69. The van der Waals surface area contributed by atoms with Crippen LogP contribution in [-0.4, -0.2) is 15.0 Å². The summed E-state index contributed by atoms with van der Waals surface area (Å²) in [6.45, 7) is 4.04. The molecule has 0 aliphatic carbocycles. The fraction of sp³-hybridized carbons (Fsp3) is 0.385. The fourth-order valence-corrected chi connectivity index (χ4v) is 2.49. The Morgan fingerprint density at radius 3 is 2.74 bits per heavy atom. The molecular weight excluding hydrogens is 311 g/mol. The Morgan fingerprint density at radius 2 is 2.16 bits per heavy atom. The molecule has 1 aromatic carbocycles. The summed E-state index contributed by atoms with van der Waals surface area (Å²) in [5, 5.41) is 8.32. The lowest BCUT2D eigenvalue weighted by atomic mass is 10.1. The monoisotopic (exact) mass is 326 g/mol. The first-order valence-electron chi connectivity index (χ1n) is 6.23. The van der Waals surface area contributed by atoms with Crippen LogP contribution in [0.25, 0.3) is 5.69 Å². The van der Waals surface area contributed by atoms with Crippen LogP contribution >= 0.6 is 15.9 Å². The topological polar surface area (TPSA) is 56.7 Å². The SMILES string of the molecule is CCc1c(C(N)CC)nnn1-c1ccc(F)cc1Br. The Labute approximate surface area is 119 Å². The van der Waals surface area contributed by atoms with E-state index in [9.17, 15) is 4.39 Å². The van der Waals surface area contributed by atoms with Crippen LogP contribution in [0.1, 0.15) is 37.7 Å². The van der Waals surface area contributed by atoms with Crippen LogP contribution in [0.15, 0.2) is 22.7 Å². The summed E-state index contributed by atoms with van der Waals surface area (Å²) in [4.78, 5) is 0. The zero-order valence-electron chi connectivity index (χ0n) is 10.9. The van der Waals surface area contributed by atoms with Gasteiger partial charge in [-0.25, -0.2) is 9.07 Å². The zero-order valence-corrected chi connectivity index (χ0v) is 12.5. The highest BCUT2D eigenvalue weighted by Crippen LogP contribution is 2.25. The van der Waals surface area contributed by atoms with Gasteiger partial charge in [-0.1, -0.05) is 19.1 Å². The van der Waals surface area contributed by atoms with E-state index in [4.69, 9.17) is 5.73 Å². The Hall–Kier alpha value is -1.27. The molecule has 0 radical (unpaired) electrons. The second-order valence-corrected chi connectivity index (χ2v) is 5.15. The van der Waals surface area contributed by atoms with E-state index < -0.39 is 0 Å². The molecule has 1 atom stereocenters. The van der Waals surface area contributed by atoms with Crippen LogP contribution in [0.4, 0.5) is 4.39 Å². The standard InChI is InChI=1S/C13H16BrFN4/c1-3-10(16)13-11(4-2)19(18-17-13)12-6-5-8(15)7-9(12)14/h5-7,10H,3-4,16H2,1-2H3. The molecule has 0 spiro atoms. The van der Waals surface area contributed by atoms with Gasteiger partial charge in [0.1, 0.15) is 11.5 Å². The van der Waals surface area contributed by atoms with E-state index in [1.54, 1.807) is 10.7 Å². The third kappa shape index (κ3) is 2.69. The molecule has 0 aliphatic rings. The summed E-state index contributed by atoms with van der Waals surface area (Å²) >= 11 is 3.35. The number of hydrogen-bond acceptors (Lipinski definition) is 3. The number of nitrogens with zero attached hydrogens (tertiary/aromatic N) is 3. The van der Waals surface area contributed by atoms with Crippen molar-refractivity contribution in [3.63, 3.8) is 0 Å². The lowest BCUT2D eigenvalue weighted by Crippen LogP contribution is -2.12. The van der Waals surface area contributed by atoms with Crippen molar-refractivity contribution in [3.8, 4) is 5.69 Å². The third-order valence-electron chi connectivity index (χ3n) is 3.06. The molecule has 2 rings (SSSR count). The maximum atomic E-state index is 13.1. The van der Waals surface area contributed by atoms with Gasteiger partial charge in [-0.2, -0.15) is 0 Å². The van der Waals surface area contributed by atoms with E-state index in [1.165, 1.54) is 12.1 Å². The second kappa shape index (κ2) is 5.79. The molecule has 0 amide bonds. The normalized spacial score (nSPS) is 12.7. The van der Waals surface area contributed by atoms with E-state index in [0.29, 0.717) is 4.47 Å². The molecule has 102 valence electrons. The fourth-order valence-electron chi connectivity index (χ4n) is 1.97. The average Bonchev–Trinajstić information content (AvgIpc) is 2.81. The predicted molar refractivity (Wildman–Crippen MR) is 75.6 cm³/mol. The van der Waals surface area contributed by atoms with Crippen molar-refractivity contribution < 1.29 is 4.39 Å². The minimum atomic E-state index is -0.292. The largest absolute Gasteiger partial charge is 0.323 e. The van der Waals surface area contributed by atoms with Crippen molar-refractivity contribution in [2.24, 2.45) is 5.73 Å². The predicted octanol–water partition coefficient (Wildman–Crippen LogP) is 3.14. The highest BCUT2D eigenvalue weighted by molar-refractivity contribution is 9.10. The number of benzene rings is 1. The van der Waals surface area contributed by atoms with E-state index in [0.717, 1.165) is 29.9 Å². The minimum absolute atomic E-state index is 0.122. The van der Waals surface area contributed by atoms with Crippen LogP contribution in [-0.2, 0) is 6.42 Å². The highest BCUT2D eigenvalue weighted by atomic mass is 79.9. The van der Waals surface area contributed by atoms with Crippen LogP contribution in [0.5, 0.6) is 0 Å². The van der Waals surface area contributed by atoms with Crippen molar-refractivity contribution in [2.75, 3.05) is 0 Å². The number of rotatable bonds is 4. The Bertz CT molecular complexity index is 582. The lowest BCUT2D eigenvalue weighted by Gasteiger charge is -2.10. The Balaban J connectivity index is 2.53. The molecule has 19 heavy (non-hydrogen) atoms. The summed E-state index contributed by atoms with van der Waals surface area (Å²) in [5.41, 5.74) is 8.57. The molecule has 0 aliphatic heterocycles. The molecule has 1 unspecified atom stereocenters. The average molecular weight is 327 g/mol. The first kappa shape index (κ1) is 14.1. The van der Waals surface area contributed by atoms with Crippen molar-refractivity contribution in [2.45, 2.75) is 32.7 Å². The van der Waals surface area contributed by atoms with E-state index >= 15 is 0 Å². The van der Waals surface area contributed by atoms with Gasteiger partial charge in [0, 0.05) is 4.47 Å². The number of hydrogen-bond donors (Lipinski definition) is 1. The summed E-state index contributed by atoms with van der Waals surface area (Å²) < 4.78 is 15.5. The Morgan fingerprint density at radius 1 is 1.42 bits per heavy atom. The van der Waals surface area contributed by atoms with Gasteiger partial charge in [0.15, 0.2) is 0 Å². The molecule has 0 saturated carbocycles. The molecule has 2 aromatic rings. The van der Waals surface area contributed by atoms with Crippen molar-refractivity contribution in [1.29, 1.82) is 0 Å². The highest BCUT2D eigenvalue weighted by Gasteiger charge is 2.18. The smallest absolute Gasteiger partial charge is 0.124 e. The molecule has 4 nitrogen and oxygen atoms in total. The van der Waals surface area contributed by atoms with E-state index in [-0.39, 0.29) is 11.9 Å². The van der Waals surface area contributed by atoms with Gasteiger partial charge in [0.25, 0.3) is 0 Å². The van der Waals surface area contributed by atoms with Crippen LogP contribution in [0.2, 0.25) is 0 Å². The van der Waals surface area contributed by atoms with Gasteiger partial charge < -0.3 is 5.73 Å². The van der Waals surface area contributed by atoms with E-state index in [2.05, 4.69) is 26.2 Å². The Kier molecular flexibility index (Phi) is 4.31. The van der Waals surface area contributed by atoms with Gasteiger partial charge >= 0.3 is 0 Å². The molecular formula is C13H16BrFN4. The van der Waals surface area contributed by atoms with Crippen LogP contribution in [0, 0.1) is 5.82 Å². The minimum Gasteiger partial charge on any atom is -0.323 e. The molecule has 1 heterocycles. The van der Waals surface area contributed by atoms with Crippen molar-refractivity contribution in [1.82, 2.24) is 15.0 Å². The molecule has 0 fully saturated rings. The van der Waals surface area contributed by atoms with Gasteiger partial charge in [-0.05, 0) is 47.0 Å². The molecule has 1 aromatic heterocycles. The van der Waals surface area contributed by atoms with Crippen LogP contribution < -0.4 is 5.73 Å². The first-order chi connectivity index (χ1) is 9.08. The van der Waals surface area contributed by atoms with Gasteiger partial charge in [-0.3, -0.25) is 0 Å². The summed E-state index contributed by atoms with van der Waals surface area (Å²) in [6, 6.07) is 4.37. The molecule has 0 saturated heterocycles. The number of nitrogens with two attached hydrogens (primary N) is 1. The quantitative estimate of drug-likeness (QED) is 0.938. The molecule has 0 bridgehead atoms. The first-order valence-corrected chi connectivity index (χ1v) is 7.03. The molecule has 2 N–H and O–H groups in total. The maximum absolute atomic E-state index is 13.1. The zero-order chi connectivity index (χ0) is 14.0. The molecule has 6 heteroatoms. The van der Waals surface area contributed by atoms with Gasteiger partial charge in [0.05, 0.1) is 17.4 Å². The summed E-state index contributed by atoms with van der Waals surface area (Å²) in [6.07, 6.45) is 1.57. The second-order valence-electron chi connectivity index (χ2n) is 4.30. The van der Waals surface area contributed by atoms with Crippen molar-refractivity contribution in [3.05, 3.63) is 39.9 Å².